The Morgan fingerprint density at radius 3 is 2.27 bits per heavy atom. The second-order valence-corrected chi connectivity index (χ2v) is 7.90. The van der Waals surface area contributed by atoms with Gasteiger partial charge in [0, 0.05) is 11.8 Å². The van der Waals surface area contributed by atoms with Crippen LogP contribution in [0.25, 0.3) is 0 Å². The average Bonchev–Trinajstić information content (AvgIpc) is 2.80. The summed E-state index contributed by atoms with van der Waals surface area (Å²) in [4.78, 5) is 37.1. The molecular weight excluding hydrogens is 354 g/mol. The largest absolute Gasteiger partial charge is 0.449 e. The number of nitrogens with one attached hydrogen (secondary N) is 2. The SMILES string of the molecule is CC(=O)Nc1sc(C)c(C)c1C(=O)O[C@H](C)C(=O)N[C@@](C)(C#N)C(C)C. The van der Waals surface area contributed by atoms with Crippen molar-refractivity contribution in [1.29, 1.82) is 5.26 Å². The lowest BCUT2D eigenvalue weighted by molar-refractivity contribution is -0.130. The maximum atomic E-state index is 12.6. The molecule has 1 aromatic heterocycles. The number of carbonyl (C=O) groups excluding carboxylic acids is 3. The van der Waals surface area contributed by atoms with Gasteiger partial charge in [0.2, 0.25) is 5.91 Å². The third kappa shape index (κ3) is 4.82. The maximum absolute atomic E-state index is 12.6. The number of thiophene rings is 1. The van der Waals surface area contributed by atoms with E-state index in [1.54, 1.807) is 13.8 Å². The molecule has 1 aromatic rings. The van der Waals surface area contributed by atoms with E-state index in [9.17, 15) is 19.6 Å². The van der Waals surface area contributed by atoms with Crippen LogP contribution < -0.4 is 10.6 Å². The predicted molar refractivity (Wildman–Crippen MR) is 100.0 cm³/mol. The molecule has 26 heavy (non-hydrogen) atoms. The first-order chi connectivity index (χ1) is 11.9. The summed E-state index contributed by atoms with van der Waals surface area (Å²) in [7, 11) is 0. The molecular formula is C18H25N3O4S. The van der Waals surface area contributed by atoms with Gasteiger partial charge in [0.1, 0.15) is 10.5 Å². The van der Waals surface area contributed by atoms with Gasteiger partial charge in [0.15, 0.2) is 6.10 Å². The van der Waals surface area contributed by atoms with Crippen molar-refractivity contribution in [3.05, 3.63) is 16.0 Å². The van der Waals surface area contributed by atoms with Gasteiger partial charge in [-0.25, -0.2) is 4.79 Å². The van der Waals surface area contributed by atoms with Gasteiger partial charge in [-0.05, 0) is 39.2 Å². The molecule has 0 aromatic carbocycles. The summed E-state index contributed by atoms with van der Waals surface area (Å²) in [5.74, 6) is -1.66. The van der Waals surface area contributed by atoms with Crippen molar-refractivity contribution >= 4 is 34.1 Å². The molecule has 2 N–H and O–H groups in total. The van der Waals surface area contributed by atoms with Gasteiger partial charge in [-0.1, -0.05) is 13.8 Å². The first-order valence-corrected chi connectivity index (χ1v) is 9.06. The molecule has 0 radical (unpaired) electrons. The molecule has 0 aliphatic carbocycles. The van der Waals surface area contributed by atoms with E-state index in [2.05, 4.69) is 16.7 Å². The Labute approximate surface area is 157 Å². The molecule has 0 aliphatic rings. The monoisotopic (exact) mass is 379 g/mol. The maximum Gasteiger partial charge on any atom is 0.342 e. The molecule has 0 bridgehead atoms. The summed E-state index contributed by atoms with van der Waals surface area (Å²) < 4.78 is 5.28. The van der Waals surface area contributed by atoms with Crippen LogP contribution in [0.5, 0.6) is 0 Å². The molecule has 0 fully saturated rings. The Balaban J connectivity index is 2.96. The van der Waals surface area contributed by atoms with Crippen LogP contribution >= 0.6 is 11.3 Å². The van der Waals surface area contributed by atoms with Gasteiger partial charge < -0.3 is 15.4 Å². The van der Waals surface area contributed by atoms with Crippen molar-refractivity contribution in [2.45, 2.75) is 60.1 Å². The number of amides is 2. The number of hydrogen-bond donors (Lipinski definition) is 2. The number of anilines is 1. The topological polar surface area (TPSA) is 108 Å². The lowest BCUT2D eigenvalue weighted by atomic mass is 9.90. The highest BCUT2D eigenvalue weighted by molar-refractivity contribution is 7.16. The molecule has 0 spiro atoms. The number of carbonyl (C=O) groups is 3. The van der Waals surface area contributed by atoms with Crippen LogP contribution in [-0.2, 0) is 14.3 Å². The first-order valence-electron chi connectivity index (χ1n) is 8.24. The van der Waals surface area contributed by atoms with E-state index in [4.69, 9.17) is 4.74 Å². The number of nitrogens with zero attached hydrogens (tertiary/aromatic N) is 1. The van der Waals surface area contributed by atoms with Crippen LogP contribution in [0.4, 0.5) is 5.00 Å². The fourth-order valence-corrected chi connectivity index (χ4v) is 3.15. The van der Waals surface area contributed by atoms with Crippen LogP contribution in [0.15, 0.2) is 0 Å². The summed E-state index contributed by atoms with van der Waals surface area (Å²) in [6.07, 6.45) is -1.08. The average molecular weight is 379 g/mol. The van der Waals surface area contributed by atoms with E-state index < -0.39 is 23.5 Å². The van der Waals surface area contributed by atoms with Crippen LogP contribution in [0.1, 0.15) is 55.4 Å². The van der Waals surface area contributed by atoms with Crippen LogP contribution in [0.3, 0.4) is 0 Å². The molecule has 142 valence electrons. The lowest BCUT2D eigenvalue weighted by Gasteiger charge is -2.28. The summed E-state index contributed by atoms with van der Waals surface area (Å²) in [5.41, 5.74) is -0.122. The Kier molecular flexibility index (Phi) is 6.93. The number of aryl methyl sites for hydroxylation is 1. The zero-order chi connectivity index (χ0) is 20.2. The highest BCUT2D eigenvalue weighted by Gasteiger charge is 2.33. The zero-order valence-electron chi connectivity index (χ0n) is 16.1. The lowest BCUT2D eigenvalue weighted by Crippen LogP contribution is -2.52. The summed E-state index contributed by atoms with van der Waals surface area (Å²) in [6, 6.07) is 2.07. The van der Waals surface area contributed by atoms with Crippen molar-refractivity contribution in [3.8, 4) is 6.07 Å². The minimum atomic E-state index is -1.08. The second-order valence-electron chi connectivity index (χ2n) is 6.67. The fraction of sp³-hybridized carbons (Fsp3) is 0.556. The molecule has 1 heterocycles. The minimum absolute atomic E-state index is 0.118. The van der Waals surface area contributed by atoms with Crippen molar-refractivity contribution in [2.75, 3.05) is 5.32 Å². The molecule has 2 amide bonds. The summed E-state index contributed by atoms with van der Waals surface area (Å²) in [6.45, 7) is 11.6. The van der Waals surface area contributed by atoms with E-state index in [1.165, 1.54) is 25.2 Å². The molecule has 0 aliphatic heterocycles. The fourth-order valence-electron chi connectivity index (χ4n) is 2.05. The molecule has 7 nitrogen and oxygen atoms in total. The molecule has 0 saturated heterocycles. The van der Waals surface area contributed by atoms with E-state index in [0.717, 1.165) is 4.88 Å². The number of esters is 1. The third-order valence-electron chi connectivity index (χ3n) is 4.30. The van der Waals surface area contributed by atoms with Gasteiger partial charge >= 0.3 is 5.97 Å². The number of hydrogen-bond acceptors (Lipinski definition) is 6. The van der Waals surface area contributed by atoms with Crippen LogP contribution in [-0.4, -0.2) is 29.4 Å². The molecule has 2 atom stereocenters. The Morgan fingerprint density at radius 1 is 1.23 bits per heavy atom. The van der Waals surface area contributed by atoms with Crippen molar-refractivity contribution < 1.29 is 19.1 Å². The molecule has 0 saturated carbocycles. The Bertz CT molecular complexity index is 763. The Morgan fingerprint density at radius 2 is 1.81 bits per heavy atom. The number of rotatable bonds is 6. The van der Waals surface area contributed by atoms with Gasteiger partial charge in [-0.3, -0.25) is 9.59 Å². The smallest absolute Gasteiger partial charge is 0.342 e. The van der Waals surface area contributed by atoms with Gasteiger partial charge in [0.25, 0.3) is 5.91 Å². The standard InChI is InChI=1S/C18H25N3O4S/c1-9(2)18(7,8-19)21-15(23)11(4)25-17(24)14-10(3)12(5)26-16(14)20-13(6)22/h9,11H,1-7H3,(H,20,22)(H,21,23)/t11-,18+/m1/s1. The van der Waals surface area contributed by atoms with Crippen molar-refractivity contribution in [1.82, 2.24) is 5.32 Å². The van der Waals surface area contributed by atoms with E-state index in [0.29, 0.717) is 10.6 Å². The highest BCUT2D eigenvalue weighted by atomic mass is 32.1. The number of nitriles is 1. The zero-order valence-corrected chi connectivity index (χ0v) is 17.0. The molecule has 0 unspecified atom stereocenters. The van der Waals surface area contributed by atoms with Crippen LogP contribution in [0.2, 0.25) is 0 Å². The van der Waals surface area contributed by atoms with E-state index >= 15 is 0 Å². The van der Waals surface area contributed by atoms with Crippen LogP contribution in [0, 0.1) is 31.1 Å². The summed E-state index contributed by atoms with van der Waals surface area (Å²) >= 11 is 1.27. The Hall–Kier alpha value is -2.40. The van der Waals surface area contributed by atoms with E-state index in [-0.39, 0.29) is 17.4 Å². The normalized spacial score (nSPS) is 14.1. The highest BCUT2D eigenvalue weighted by Crippen LogP contribution is 2.33. The second kappa shape index (κ2) is 8.32. The number of ether oxygens (including phenoxy) is 1. The van der Waals surface area contributed by atoms with Crippen molar-refractivity contribution in [2.24, 2.45) is 5.92 Å². The van der Waals surface area contributed by atoms with E-state index in [1.807, 2.05) is 20.8 Å². The first kappa shape index (κ1) is 21.6. The van der Waals surface area contributed by atoms with Gasteiger partial charge in [0.05, 0.1) is 11.6 Å². The molecule has 1 rings (SSSR count). The third-order valence-corrected chi connectivity index (χ3v) is 5.42. The molecule has 8 heteroatoms. The van der Waals surface area contributed by atoms with Gasteiger partial charge in [-0.2, -0.15) is 5.26 Å². The summed E-state index contributed by atoms with van der Waals surface area (Å²) in [5, 5.41) is 14.9. The van der Waals surface area contributed by atoms with Gasteiger partial charge in [-0.15, -0.1) is 11.3 Å². The predicted octanol–water partition coefficient (Wildman–Crippen LogP) is 2.92. The minimum Gasteiger partial charge on any atom is -0.449 e. The quantitative estimate of drug-likeness (QED) is 0.739. The van der Waals surface area contributed by atoms with Crippen molar-refractivity contribution in [3.63, 3.8) is 0 Å².